The van der Waals surface area contributed by atoms with Gasteiger partial charge in [0.05, 0.1) is 5.75 Å². The number of hydrogen-bond donors (Lipinski definition) is 1. The van der Waals surface area contributed by atoms with Crippen molar-refractivity contribution in [2.24, 2.45) is 0 Å². The Hall–Kier alpha value is -3.43. The Morgan fingerprint density at radius 1 is 0.971 bits per heavy atom. The maximum atomic E-state index is 12.5. The van der Waals surface area contributed by atoms with Crippen molar-refractivity contribution in [3.63, 3.8) is 0 Å². The number of thioether (sulfide) groups is 1. The number of amides is 1. The predicted octanol–water partition coefficient (Wildman–Crippen LogP) is 3.79. The molecule has 1 N–H and O–H groups in total. The third-order valence-corrected chi connectivity index (χ3v) is 7.06. The number of carbonyl (C=O) groups is 1. The van der Waals surface area contributed by atoms with E-state index in [1.165, 1.54) is 23.0 Å². The Kier molecular flexibility index (Phi) is 6.96. The number of carbonyl (C=O) groups excluding carboxylic acids is 1. The molecule has 1 fully saturated rings. The van der Waals surface area contributed by atoms with Gasteiger partial charge in [0.15, 0.2) is 10.8 Å². The van der Waals surface area contributed by atoms with Crippen molar-refractivity contribution in [3.05, 3.63) is 77.7 Å². The van der Waals surface area contributed by atoms with Crippen LogP contribution >= 0.6 is 11.8 Å². The van der Waals surface area contributed by atoms with Crippen molar-refractivity contribution in [2.45, 2.75) is 25.5 Å². The van der Waals surface area contributed by atoms with Gasteiger partial charge in [-0.2, -0.15) is 0 Å². The van der Waals surface area contributed by atoms with E-state index < -0.39 is 0 Å². The summed E-state index contributed by atoms with van der Waals surface area (Å²) in [6, 6.07) is 20.6. The molecule has 0 spiro atoms. The third-order valence-electron chi connectivity index (χ3n) is 6.13. The summed E-state index contributed by atoms with van der Waals surface area (Å²) in [6.45, 7) is 8.91. The topological polar surface area (TPSA) is 78.7 Å². The van der Waals surface area contributed by atoms with E-state index >= 15 is 0 Å². The van der Waals surface area contributed by atoms with Gasteiger partial charge in [-0.15, -0.1) is 10.2 Å². The molecule has 1 aliphatic heterocycles. The van der Waals surface area contributed by atoms with E-state index in [4.69, 9.17) is 0 Å². The van der Waals surface area contributed by atoms with Gasteiger partial charge in [-0.05, 0) is 43.7 Å². The first kappa shape index (κ1) is 23.3. The highest BCUT2D eigenvalue weighted by atomic mass is 32.2. The van der Waals surface area contributed by atoms with E-state index in [-0.39, 0.29) is 11.7 Å². The molecule has 1 amide bonds. The number of aromatic nitrogens is 4. The van der Waals surface area contributed by atoms with Crippen LogP contribution in [0.25, 0.3) is 5.65 Å². The van der Waals surface area contributed by atoms with Crippen molar-refractivity contribution < 1.29 is 4.79 Å². The second-order valence-corrected chi connectivity index (χ2v) is 9.70. The predicted molar refractivity (Wildman–Crippen MR) is 140 cm³/mol. The SMILES string of the molecule is Cc1cc2nnc(SCC(=O)Nc3ccc(N4CCN(Cc5ccccc5)CC4)cc3)n2c(C)n1. The first-order valence-electron chi connectivity index (χ1n) is 11.8. The average Bonchev–Trinajstić information content (AvgIpc) is 3.27. The maximum absolute atomic E-state index is 12.5. The van der Waals surface area contributed by atoms with Crippen LogP contribution in [0.5, 0.6) is 0 Å². The van der Waals surface area contributed by atoms with Crippen molar-refractivity contribution in [3.8, 4) is 0 Å². The van der Waals surface area contributed by atoms with Crippen LogP contribution in [0.3, 0.4) is 0 Å². The molecule has 0 bridgehead atoms. The summed E-state index contributed by atoms with van der Waals surface area (Å²) in [6.07, 6.45) is 0. The van der Waals surface area contributed by atoms with Gasteiger partial charge in [0, 0.05) is 55.9 Å². The van der Waals surface area contributed by atoms with Gasteiger partial charge >= 0.3 is 0 Å². The Bertz CT molecular complexity index is 1300. The number of anilines is 2. The number of benzene rings is 2. The molecule has 35 heavy (non-hydrogen) atoms. The van der Waals surface area contributed by atoms with Crippen LogP contribution in [0, 0.1) is 13.8 Å². The van der Waals surface area contributed by atoms with Gasteiger partial charge in [-0.3, -0.25) is 14.1 Å². The second kappa shape index (κ2) is 10.5. The highest BCUT2D eigenvalue weighted by molar-refractivity contribution is 7.99. The maximum Gasteiger partial charge on any atom is 0.234 e. The molecule has 3 heterocycles. The van der Waals surface area contributed by atoms with Crippen LogP contribution in [0.2, 0.25) is 0 Å². The lowest BCUT2D eigenvalue weighted by Crippen LogP contribution is -2.45. The standard InChI is InChI=1S/C26H29N7OS/c1-19-16-24-29-30-26(33(24)20(2)27-19)35-18-25(34)28-22-8-10-23(11-9-22)32-14-12-31(13-15-32)17-21-6-4-3-5-7-21/h3-11,16H,12-15,17-18H2,1-2H3,(H,28,34). The second-order valence-electron chi connectivity index (χ2n) is 8.75. The van der Waals surface area contributed by atoms with E-state index in [0.29, 0.717) is 5.16 Å². The lowest BCUT2D eigenvalue weighted by Gasteiger charge is -2.36. The van der Waals surface area contributed by atoms with Crippen LogP contribution < -0.4 is 10.2 Å². The molecule has 2 aromatic heterocycles. The van der Waals surface area contributed by atoms with Crippen LogP contribution in [-0.2, 0) is 11.3 Å². The van der Waals surface area contributed by atoms with Gasteiger partial charge in [-0.25, -0.2) is 4.98 Å². The lowest BCUT2D eigenvalue weighted by molar-refractivity contribution is -0.113. The third kappa shape index (κ3) is 5.63. The Labute approximate surface area is 209 Å². The lowest BCUT2D eigenvalue weighted by atomic mass is 10.2. The zero-order valence-corrected chi connectivity index (χ0v) is 20.8. The molecule has 5 rings (SSSR count). The normalized spacial score (nSPS) is 14.4. The molecule has 0 saturated carbocycles. The zero-order chi connectivity index (χ0) is 24.2. The Morgan fingerprint density at radius 3 is 2.46 bits per heavy atom. The van der Waals surface area contributed by atoms with Gasteiger partial charge in [0.25, 0.3) is 0 Å². The van der Waals surface area contributed by atoms with Crippen molar-refractivity contribution in [1.82, 2.24) is 24.5 Å². The van der Waals surface area contributed by atoms with Gasteiger partial charge in [0.1, 0.15) is 5.82 Å². The van der Waals surface area contributed by atoms with E-state index in [2.05, 4.69) is 72.8 Å². The number of rotatable bonds is 7. The number of aryl methyl sites for hydroxylation is 2. The fourth-order valence-electron chi connectivity index (χ4n) is 4.39. The minimum absolute atomic E-state index is 0.0771. The van der Waals surface area contributed by atoms with Crippen molar-refractivity contribution in [1.29, 1.82) is 0 Å². The summed E-state index contributed by atoms with van der Waals surface area (Å²) in [5, 5.41) is 12.1. The average molecular weight is 488 g/mol. The fourth-order valence-corrected chi connectivity index (χ4v) is 5.17. The molecule has 1 saturated heterocycles. The number of nitrogens with one attached hydrogen (secondary N) is 1. The van der Waals surface area contributed by atoms with Gasteiger partial charge in [-0.1, -0.05) is 42.1 Å². The first-order chi connectivity index (χ1) is 17.0. The van der Waals surface area contributed by atoms with E-state index in [9.17, 15) is 4.79 Å². The van der Waals surface area contributed by atoms with Crippen molar-refractivity contribution >= 4 is 34.7 Å². The first-order valence-corrected chi connectivity index (χ1v) is 12.8. The Morgan fingerprint density at radius 2 is 1.71 bits per heavy atom. The smallest absolute Gasteiger partial charge is 0.234 e. The molecule has 4 aromatic rings. The molecule has 1 aliphatic rings. The molecule has 180 valence electrons. The summed E-state index contributed by atoms with van der Waals surface area (Å²) in [5.41, 5.74) is 4.98. The van der Waals surface area contributed by atoms with Gasteiger partial charge < -0.3 is 10.2 Å². The number of fused-ring (bicyclic) bond motifs is 1. The van der Waals surface area contributed by atoms with Crippen LogP contribution in [0.1, 0.15) is 17.1 Å². The summed E-state index contributed by atoms with van der Waals surface area (Å²) < 4.78 is 1.87. The summed E-state index contributed by atoms with van der Waals surface area (Å²) in [4.78, 5) is 21.9. The fraction of sp³-hybridized carbons (Fsp3) is 0.308. The van der Waals surface area contributed by atoms with Crippen LogP contribution in [-0.4, -0.2) is 62.3 Å². The molecule has 0 radical (unpaired) electrons. The minimum atomic E-state index is -0.0771. The highest BCUT2D eigenvalue weighted by Gasteiger charge is 2.17. The van der Waals surface area contributed by atoms with E-state index in [1.54, 1.807) is 0 Å². The van der Waals surface area contributed by atoms with Crippen LogP contribution in [0.4, 0.5) is 11.4 Å². The molecule has 8 nitrogen and oxygen atoms in total. The zero-order valence-electron chi connectivity index (χ0n) is 20.0. The summed E-state index contributed by atoms with van der Waals surface area (Å²) >= 11 is 1.35. The number of piperazine rings is 1. The molecule has 0 aliphatic carbocycles. The highest BCUT2D eigenvalue weighted by Crippen LogP contribution is 2.22. The molecule has 0 atom stereocenters. The monoisotopic (exact) mass is 487 g/mol. The van der Waals surface area contributed by atoms with Crippen molar-refractivity contribution in [2.75, 3.05) is 42.1 Å². The molecule has 2 aromatic carbocycles. The summed E-state index contributed by atoms with van der Waals surface area (Å²) in [7, 11) is 0. The summed E-state index contributed by atoms with van der Waals surface area (Å²) in [5.74, 6) is 0.982. The molecule has 0 unspecified atom stereocenters. The Balaban J connectivity index is 1.11. The number of hydrogen-bond acceptors (Lipinski definition) is 7. The minimum Gasteiger partial charge on any atom is -0.369 e. The molecule has 9 heteroatoms. The molecular weight excluding hydrogens is 458 g/mol. The van der Waals surface area contributed by atoms with E-state index in [1.807, 2.05) is 36.4 Å². The van der Waals surface area contributed by atoms with Crippen LogP contribution in [0.15, 0.2) is 65.8 Å². The largest absolute Gasteiger partial charge is 0.369 e. The number of nitrogens with zero attached hydrogens (tertiary/aromatic N) is 6. The van der Waals surface area contributed by atoms with E-state index in [0.717, 1.165) is 55.6 Å². The quantitative estimate of drug-likeness (QED) is 0.397. The molecular formula is C26H29N7OS. The van der Waals surface area contributed by atoms with Gasteiger partial charge in [0.2, 0.25) is 5.91 Å².